The predicted molar refractivity (Wildman–Crippen MR) is 256 cm³/mol. The summed E-state index contributed by atoms with van der Waals surface area (Å²) in [6.07, 6.45) is 6.11. The van der Waals surface area contributed by atoms with Crippen LogP contribution in [0.2, 0.25) is 0 Å². The number of carbonyl (C=O) groups excluding carboxylic acids is 5. The Bertz CT molecular complexity index is 2130. The quantitative estimate of drug-likeness (QED) is 0.118. The molecule has 0 unspecified atom stereocenters. The molecule has 3 rings (SSSR count). The fourth-order valence-electron chi connectivity index (χ4n) is 2.80. The summed E-state index contributed by atoms with van der Waals surface area (Å²) in [4.78, 5) is 50.4. The lowest BCUT2D eigenvalue weighted by Crippen LogP contribution is -2.19. The molecule has 0 radical (unpaired) electrons. The maximum atomic E-state index is 11.3. The Hall–Kier alpha value is -4.76. The number of esters is 4. The highest BCUT2D eigenvalue weighted by Gasteiger charge is 2.31. The molecule has 2 aromatic carbocycles. The topological polar surface area (TPSA) is 277 Å². The van der Waals surface area contributed by atoms with Crippen molar-refractivity contribution in [3.63, 3.8) is 0 Å². The van der Waals surface area contributed by atoms with Gasteiger partial charge in [0.15, 0.2) is 15.6 Å². The van der Waals surface area contributed by atoms with Crippen molar-refractivity contribution >= 4 is 69.0 Å². The summed E-state index contributed by atoms with van der Waals surface area (Å²) in [5.74, 6) is -1.43. The first-order chi connectivity index (χ1) is 31.1. The second-order valence-corrected chi connectivity index (χ2v) is 23.0. The summed E-state index contributed by atoms with van der Waals surface area (Å²) >= 11 is 0. The molecule has 19 nitrogen and oxygen atoms in total. The zero-order chi connectivity index (χ0) is 55.7. The molecule has 1 aliphatic carbocycles. The highest BCUT2D eigenvalue weighted by molar-refractivity contribution is 7.91. The molecule has 0 aromatic heterocycles. The van der Waals surface area contributed by atoms with Crippen molar-refractivity contribution in [1.29, 1.82) is 0 Å². The van der Waals surface area contributed by atoms with Crippen molar-refractivity contribution in [3.8, 4) is 0 Å². The molecule has 0 heterocycles. The number of hydrogen-bond donors (Lipinski definition) is 0. The van der Waals surface area contributed by atoms with E-state index in [-0.39, 0.29) is 29.1 Å². The van der Waals surface area contributed by atoms with Gasteiger partial charge in [-0.1, -0.05) is 60.7 Å². The lowest BCUT2D eigenvalue weighted by atomic mass is 10.2. The summed E-state index contributed by atoms with van der Waals surface area (Å²) in [6.45, 7) is 11.6. The molecule has 0 bridgehead atoms. The van der Waals surface area contributed by atoms with E-state index in [2.05, 4.69) is 30.3 Å². The summed E-state index contributed by atoms with van der Waals surface area (Å²) in [5.41, 5.74) is 2.08. The fraction of sp³-hybridized carbons (Fsp3) is 0.558. The van der Waals surface area contributed by atoms with E-state index in [4.69, 9.17) is 4.74 Å². The number of ether oxygens (including phenoxy) is 6. The van der Waals surface area contributed by atoms with Gasteiger partial charge in [-0.3, -0.25) is 24.0 Å². The molecule has 2 aromatic rings. The van der Waals surface area contributed by atoms with Crippen LogP contribution in [0.5, 0.6) is 0 Å². The number of benzene rings is 2. The molecular formula is C43H71F3O19S4. The molecule has 402 valence electrons. The van der Waals surface area contributed by atoms with Crippen LogP contribution in [0.25, 0.3) is 0 Å². The van der Waals surface area contributed by atoms with E-state index in [1.165, 1.54) is 53.4 Å². The Labute approximate surface area is 407 Å². The van der Waals surface area contributed by atoms with Gasteiger partial charge >= 0.3 is 30.1 Å². The lowest BCUT2D eigenvalue weighted by Gasteiger charge is -2.04. The zero-order valence-electron chi connectivity index (χ0n) is 41.7. The highest BCUT2D eigenvalue weighted by atomic mass is 32.2. The Morgan fingerprint density at radius 1 is 0.652 bits per heavy atom. The first kappa shape index (κ1) is 75.7. The molecule has 0 atom stereocenters. The number of alkyl halides is 3. The molecule has 0 spiro atoms. The van der Waals surface area contributed by atoms with Gasteiger partial charge in [0.05, 0.1) is 23.9 Å². The van der Waals surface area contributed by atoms with Crippen LogP contribution in [0, 0.1) is 6.92 Å². The monoisotopic (exact) mass is 1080 g/mol. The third-order valence-electron chi connectivity index (χ3n) is 5.72. The van der Waals surface area contributed by atoms with Gasteiger partial charge in [0, 0.05) is 72.3 Å². The standard InChI is InChI=1S/C9H10O2.C8H10O2S.C5H7F3O2.C5H10O3.C5H8O2.C4H8O2S.C3H6O2.2C2H6O2S/c1-8(10)11-7-9-5-3-2-4-6-9;1-7-3-5-8(6-4-7)11(2,9)10;1-4(9)2-10-3-5(6,7)8;1-5(6)8-4-3-7-2;1-3-4-7-5(2)6;1-7(5,6)4-2-3-4;1-3(4)5-2;2*1-5(2,3)4/h2-6H,7H2,1H3;3-6H,1-2H3;2-3H2,1H3;3-4H2,1-2H3;3H,1,4H2,2H3;4H,2-3H2,1H3;3*1-2H3. The van der Waals surface area contributed by atoms with Crippen LogP contribution in [0.15, 0.2) is 72.1 Å². The second kappa shape index (κ2) is 42.1. The molecule has 0 aliphatic heterocycles. The van der Waals surface area contributed by atoms with Crippen LogP contribution in [0.3, 0.4) is 0 Å². The van der Waals surface area contributed by atoms with Gasteiger partial charge in [-0.25, -0.2) is 33.7 Å². The number of ketones is 1. The lowest BCUT2D eigenvalue weighted by molar-refractivity contribution is -0.175. The molecule has 69 heavy (non-hydrogen) atoms. The number of carbonyl (C=O) groups is 5. The third kappa shape index (κ3) is 90.3. The van der Waals surface area contributed by atoms with Crippen molar-refractivity contribution in [1.82, 2.24) is 0 Å². The minimum absolute atomic E-state index is 0.0208. The highest BCUT2D eigenvalue weighted by Crippen LogP contribution is 2.27. The number of halogens is 3. The van der Waals surface area contributed by atoms with Crippen LogP contribution < -0.4 is 0 Å². The smallest absolute Gasteiger partial charge is 0.411 e. The second-order valence-electron chi connectivity index (χ2n) is 14.1. The predicted octanol–water partition coefficient (Wildman–Crippen LogP) is 4.93. The van der Waals surface area contributed by atoms with Gasteiger partial charge < -0.3 is 28.4 Å². The van der Waals surface area contributed by atoms with Gasteiger partial charge in [-0.2, -0.15) is 13.2 Å². The minimum atomic E-state index is -4.34. The van der Waals surface area contributed by atoms with Crippen molar-refractivity contribution in [3.05, 3.63) is 78.4 Å². The maximum Gasteiger partial charge on any atom is 0.411 e. The van der Waals surface area contributed by atoms with Gasteiger partial charge in [0.2, 0.25) is 0 Å². The molecule has 26 heteroatoms. The largest absolute Gasteiger partial charge is 0.469 e. The Balaban J connectivity index is -0.000000164. The van der Waals surface area contributed by atoms with E-state index in [1.807, 2.05) is 37.3 Å². The van der Waals surface area contributed by atoms with Gasteiger partial charge in [-0.05, 0) is 44.4 Å². The average Bonchev–Trinajstić information content (AvgIpc) is 4.03. The maximum absolute atomic E-state index is 11.3. The van der Waals surface area contributed by atoms with E-state index in [0.717, 1.165) is 55.9 Å². The van der Waals surface area contributed by atoms with Crippen molar-refractivity contribution < 1.29 is 99.2 Å². The molecule has 0 amide bonds. The summed E-state index contributed by atoms with van der Waals surface area (Å²) in [5, 5.41) is 0.0208. The first-order valence-corrected chi connectivity index (χ1v) is 28.0. The third-order valence-corrected chi connectivity index (χ3v) is 8.53. The number of methoxy groups -OCH3 is 2. The van der Waals surface area contributed by atoms with Crippen LogP contribution >= 0.6 is 0 Å². The van der Waals surface area contributed by atoms with Crippen LogP contribution in [0.4, 0.5) is 13.2 Å². The Kier molecular flexibility index (Phi) is 46.3. The van der Waals surface area contributed by atoms with Crippen LogP contribution in [-0.4, -0.2) is 160 Å². The molecule has 0 N–H and O–H groups in total. The van der Waals surface area contributed by atoms with Gasteiger partial charge in [0.25, 0.3) is 0 Å². The van der Waals surface area contributed by atoms with E-state index >= 15 is 0 Å². The Morgan fingerprint density at radius 2 is 1.06 bits per heavy atom. The molecule has 1 saturated carbocycles. The first-order valence-electron chi connectivity index (χ1n) is 19.6. The van der Waals surface area contributed by atoms with Gasteiger partial charge in [-0.15, -0.1) is 0 Å². The van der Waals surface area contributed by atoms with E-state index in [9.17, 15) is 70.8 Å². The minimum Gasteiger partial charge on any atom is -0.469 e. The van der Waals surface area contributed by atoms with Gasteiger partial charge in [0.1, 0.15) is 62.5 Å². The van der Waals surface area contributed by atoms with Crippen molar-refractivity contribution in [2.75, 3.05) is 84.8 Å². The normalized spacial score (nSPS) is 11.2. The number of hydrogen-bond acceptors (Lipinski definition) is 19. The van der Waals surface area contributed by atoms with E-state index in [0.29, 0.717) is 31.3 Å². The molecule has 0 saturated heterocycles. The van der Waals surface area contributed by atoms with Crippen molar-refractivity contribution in [2.24, 2.45) is 0 Å². The fourth-order valence-corrected chi connectivity index (χ4v) is 4.42. The van der Waals surface area contributed by atoms with Crippen molar-refractivity contribution in [2.45, 2.75) is 77.3 Å². The van der Waals surface area contributed by atoms with E-state index in [1.54, 1.807) is 31.4 Å². The number of aryl methyl sites for hydroxylation is 1. The summed E-state index contributed by atoms with van der Waals surface area (Å²) in [7, 11) is -8.07. The van der Waals surface area contributed by atoms with Crippen LogP contribution in [-0.2, 0) is 98.3 Å². The number of sulfone groups is 4. The summed E-state index contributed by atoms with van der Waals surface area (Å²) < 4.78 is 141. The molecular weight excluding hydrogens is 1010 g/mol. The summed E-state index contributed by atoms with van der Waals surface area (Å²) in [6, 6.07) is 16.4. The number of Topliss-reactive ketones (excluding diaryl/α,β-unsaturated/α-hetero) is 1. The SMILES string of the molecule is C=CCOC(C)=O.CC(=O)COCC(F)(F)F.CC(=O)OCc1ccccc1.COC(C)=O.COCCOC(C)=O.CS(=O)(=O)C1CC1.CS(C)(=O)=O.CS(C)(=O)=O.Cc1ccc(S(C)(=O)=O)cc1. The Morgan fingerprint density at radius 3 is 1.30 bits per heavy atom. The molecule has 1 fully saturated rings. The van der Waals surface area contributed by atoms with E-state index < -0.39 is 64.5 Å². The molecule has 1 aliphatic rings. The zero-order valence-corrected chi connectivity index (χ0v) is 45.0. The average molecular weight is 1080 g/mol. The number of rotatable bonds is 12. The van der Waals surface area contributed by atoms with Crippen LogP contribution in [0.1, 0.15) is 58.6 Å².